The van der Waals surface area contributed by atoms with E-state index in [-0.39, 0.29) is 16.3 Å². The highest BCUT2D eigenvalue weighted by atomic mass is 32.1. The first kappa shape index (κ1) is 17.6. The summed E-state index contributed by atoms with van der Waals surface area (Å²) in [5, 5.41) is 2.88. The number of para-hydroxylation sites is 1. The molecule has 0 aliphatic carbocycles. The fourth-order valence-electron chi connectivity index (χ4n) is 2.20. The van der Waals surface area contributed by atoms with Crippen molar-refractivity contribution < 1.29 is 4.79 Å². The van der Waals surface area contributed by atoms with Crippen molar-refractivity contribution in [1.29, 1.82) is 0 Å². The molecular formula is C16H25N3OS. The standard InChI is InChI=1S/C16H25N3OS/c1-16(2,3)11-19(4)10-9-14(20)18-13-8-6-5-7-12(13)15(17)21/h5-8H,9-11H2,1-4H3,(H2,17,21)(H,18,20). The largest absolute Gasteiger partial charge is 0.389 e. The molecule has 1 amide bonds. The molecule has 0 heterocycles. The SMILES string of the molecule is CN(CCC(=O)Nc1ccccc1C(N)=S)CC(C)(C)C. The van der Waals surface area contributed by atoms with Crippen LogP contribution >= 0.6 is 12.2 Å². The maximum absolute atomic E-state index is 12.0. The number of carbonyl (C=O) groups is 1. The van der Waals surface area contributed by atoms with Crippen LogP contribution in [0.5, 0.6) is 0 Å². The van der Waals surface area contributed by atoms with Crippen molar-refractivity contribution >= 4 is 28.8 Å². The van der Waals surface area contributed by atoms with Gasteiger partial charge in [0.05, 0.1) is 5.69 Å². The number of carbonyl (C=O) groups excluding carboxylic acids is 1. The lowest BCUT2D eigenvalue weighted by Crippen LogP contribution is -2.32. The van der Waals surface area contributed by atoms with E-state index in [1.165, 1.54) is 0 Å². The van der Waals surface area contributed by atoms with Crippen LogP contribution in [0.2, 0.25) is 0 Å². The maximum atomic E-state index is 12.0. The molecule has 5 heteroatoms. The van der Waals surface area contributed by atoms with Crippen LogP contribution in [0.3, 0.4) is 0 Å². The van der Waals surface area contributed by atoms with E-state index in [1.807, 2.05) is 31.3 Å². The van der Waals surface area contributed by atoms with Crippen molar-refractivity contribution in [3.8, 4) is 0 Å². The highest BCUT2D eigenvalue weighted by Crippen LogP contribution is 2.16. The number of hydrogen-bond donors (Lipinski definition) is 2. The Kier molecular flexibility index (Phi) is 6.30. The molecule has 1 rings (SSSR count). The summed E-state index contributed by atoms with van der Waals surface area (Å²) in [5.74, 6) is -0.0283. The molecule has 1 aromatic rings. The highest BCUT2D eigenvalue weighted by molar-refractivity contribution is 7.80. The van der Waals surface area contributed by atoms with Crippen molar-refractivity contribution in [2.24, 2.45) is 11.1 Å². The van der Waals surface area contributed by atoms with Gasteiger partial charge < -0.3 is 16.0 Å². The van der Waals surface area contributed by atoms with Crippen LogP contribution in [0.4, 0.5) is 5.69 Å². The fraction of sp³-hybridized carbons (Fsp3) is 0.500. The predicted molar refractivity (Wildman–Crippen MR) is 92.5 cm³/mol. The summed E-state index contributed by atoms with van der Waals surface area (Å²) in [6.07, 6.45) is 0.443. The monoisotopic (exact) mass is 307 g/mol. The van der Waals surface area contributed by atoms with Crippen LogP contribution < -0.4 is 11.1 Å². The Balaban J connectivity index is 2.53. The summed E-state index contributed by atoms with van der Waals surface area (Å²) >= 11 is 4.99. The molecule has 3 N–H and O–H groups in total. The van der Waals surface area contributed by atoms with Crippen molar-refractivity contribution in [1.82, 2.24) is 4.90 Å². The summed E-state index contributed by atoms with van der Waals surface area (Å²) in [7, 11) is 2.03. The number of nitrogens with one attached hydrogen (secondary N) is 1. The Morgan fingerprint density at radius 3 is 2.52 bits per heavy atom. The molecule has 0 radical (unpaired) electrons. The molecular weight excluding hydrogens is 282 g/mol. The fourth-order valence-corrected chi connectivity index (χ4v) is 2.38. The Bertz CT molecular complexity index is 508. The third-order valence-corrected chi connectivity index (χ3v) is 3.15. The zero-order chi connectivity index (χ0) is 16.0. The minimum atomic E-state index is -0.0283. The van der Waals surface area contributed by atoms with Gasteiger partial charge in [-0.3, -0.25) is 4.79 Å². The molecule has 0 aliphatic rings. The van der Waals surface area contributed by atoms with Gasteiger partial charge in [0, 0.05) is 25.1 Å². The van der Waals surface area contributed by atoms with Crippen LogP contribution in [0.15, 0.2) is 24.3 Å². The second-order valence-corrected chi connectivity index (χ2v) is 6.95. The molecule has 0 unspecified atom stereocenters. The maximum Gasteiger partial charge on any atom is 0.225 e. The topological polar surface area (TPSA) is 58.4 Å². The number of amides is 1. The van der Waals surface area contributed by atoms with Gasteiger partial charge in [-0.05, 0) is 24.6 Å². The quantitative estimate of drug-likeness (QED) is 0.793. The number of anilines is 1. The van der Waals surface area contributed by atoms with E-state index in [9.17, 15) is 4.79 Å². The molecule has 0 aromatic heterocycles. The average Bonchev–Trinajstić information content (AvgIpc) is 2.35. The smallest absolute Gasteiger partial charge is 0.225 e. The number of rotatable bonds is 6. The van der Waals surface area contributed by atoms with Gasteiger partial charge in [0.25, 0.3) is 0 Å². The lowest BCUT2D eigenvalue weighted by molar-refractivity contribution is -0.116. The first-order valence-corrected chi connectivity index (χ1v) is 7.47. The molecule has 0 aliphatic heterocycles. The molecule has 0 bridgehead atoms. The van der Waals surface area contributed by atoms with Crippen LogP contribution in [0, 0.1) is 5.41 Å². The second-order valence-electron chi connectivity index (χ2n) is 6.51. The Hall–Kier alpha value is -1.46. The molecule has 0 saturated heterocycles. The molecule has 0 atom stereocenters. The summed E-state index contributed by atoms with van der Waals surface area (Å²) in [6.45, 7) is 8.22. The molecule has 0 fully saturated rings. The van der Waals surface area contributed by atoms with E-state index < -0.39 is 0 Å². The first-order valence-electron chi connectivity index (χ1n) is 7.06. The average molecular weight is 307 g/mol. The van der Waals surface area contributed by atoms with E-state index in [0.29, 0.717) is 17.7 Å². The van der Waals surface area contributed by atoms with Crippen molar-refractivity contribution in [2.45, 2.75) is 27.2 Å². The van der Waals surface area contributed by atoms with Gasteiger partial charge in [0.2, 0.25) is 5.91 Å². The van der Waals surface area contributed by atoms with E-state index in [1.54, 1.807) is 0 Å². The zero-order valence-electron chi connectivity index (χ0n) is 13.3. The van der Waals surface area contributed by atoms with Crippen molar-refractivity contribution in [3.63, 3.8) is 0 Å². The van der Waals surface area contributed by atoms with Gasteiger partial charge in [-0.25, -0.2) is 0 Å². The third-order valence-electron chi connectivity index (χ3n) is 2.93. The van der Waals surface area contributed by atoms with Gasteiger partial charge in [-0.15, -0.1) is 0 Å². The Morgan fingerprint density at radius 1 is 1.33 bits per heavy atom. The molecule has 21 heavy (non-hydrogen) atoms. The predicted octanol–water partition coefficient (Wildman–Crippen LogP) is 2.63. The number of thiocarbonyl (C=S) groups is 1. The summed E-state index contributed by atoms with van der Waals surface area (Å²) in [6, 6.07) is 7.32. The first-order chi connectivity index (χ1) is 9.69. The van der Waals surface area contributed by atoms with E-state index >= 15 is 0 Å². The van der Waals surface area contributed by atoms with Crippen molar-refractivity contribution in [3.05, 3.63) is 29.8 Å². The second kappa shape index (κ2) is 7.52. The van der Waals surface area contributed by atoms with E-state index in [4.69, 9.17) is 18.0 Å². The van der Waals surface area contributed by atoms with Gasteiger partial charge in [0.15, 0.2) is 0 Å². The summed E-state index contributed by atoms with van der Waals surface area (Å²) in [5.41, 5.74) is 7.25. The van der Waals surface area contributed by atoms with Gasteiger partial charge in [0.1, 0.15) is 4.99 Å². The van der Waals surface area contributed by atoms with Gasteiger partial charge >= 0.3 is 0 Å². The Morgan fingerprint density at radius 2 is 1.95 bits per heavy atom. The van der Waals surface area contributed by atoms with Crippen LogP contribution in [-0.2, 0) is 4.79 Å². The molecule has 4 nitrogen and oxygen atoms in total. The van der Waals surface area contributed by atoms with E-state index in [2.05, 4.69) is 31.0 Å². The highest BCUT2D eigenvalue weighted by Gasteiger charge is 2.14. The van der Waals surface area contributed by atoms with Crippen LogP contribution in [0.25, 0.3) is 0 Å². The molecule has 0 saturated carbocycles. The third kappa shape index (κ3) is 6.69. The number of benzene rings is 1. The van der Waals surface area contributed by atoms with Gasteiger partial charge in [-0.1, -0.05) is 45.1 Å². The van der Waals surface area contributed by atoms with Crippen molar-refractivity contribution in [2.75, 3.05) is 25.5 Å². The summed E-state index contributed by atoms with van der Waals surface area (Å²) < 4.78 is 0. The van der Waals surface area contributed by atoms with Crippen LogP contribution in [0.1, 0.15) is 32.8 Å². The lowest BCUT2D eigenvalue weighted by atomic mass is 9.96. The zero-order valence-corrected chi connectivity index (χ0v) is 14.1. The number of hydrogen-bond acceptors (Lipinski definition) is 3. The van der Waals surface area contributed by atoms with E-state index in [0.717, 1.165) is 13.1 Å². The number of nitrogens with zero attached hydrogens (tertiary/aromatic N) is 1. The molecule has 116 valence electrons. The van der Waals surface area contributed by atoms with Crippen LogP contribution in [-0.4, -0.2) is 35.9 Å². The minimum absolute atomic E-state index is 0.0283. The number of nitrogens with two attached hydrogens (primary N) is 1. The van der Waals surface area contributed by atoms with Gasteiger partial charge in [-0.2, -0.15) is 0 Å². The minimum Gasteiger partial charge on any atom is -0.389 e. The molecule has 0 spiro atoms. The molecule has 1 aromatic carbocycles. The normalized spacial score (nSPS) is 11.5. The Labute approximate surface area is 132 Å². The lowest BCUT2D eigenvalue weighted by Gasteiger charge is -2.26. The summed E-state index contributed by atoms with van der Waals surface area (Å²) in [4.78, 5) is 14.5.